The molecule has 1 atom stereocenters. The highest BCUT2D eigenvalue weighted by Gasteiger charge is 2.37. The predicted octanol–water partition coefficient (Wildman–Crippen LogP) is 5.86. The molecular weight excluding hydrogens is 542 g/mol. The minimum atomic E-state index is -1.34. The average molecular weight is 580 g/mol. The van der Waals surface area contributed by atoms with E-state index in [0.29, 0.717) is 44.6 Å². The Morgan fingerprint density at radius 2 is 1.95 bits per heavy atom. The summed E-state index contributed by atoms with van der Waals surface area (Å²) in [5.74, 6) is 1.19. The summed E-state index contributed by atoms with van der Waals surface area (Å²) in [4.78, 5) is 47.6. The van der Waals surface area contributed by atoms with Gasteiger partial charge in [0, 0.05) is 12.0 Å². The number of benzene rings is 1. The zero-order valence-corrected chi connectivity index (χ0v) is 25.2. The fourth-order valence-electron chi connectivity index (χ4n) is 5.52. The van der Waals surface area contributed by atoms with Gasteiger partial charge in [-0.1, -0.05) is 37.5 Å². The standard InChI is InChI=1S/C31H37N3O6S/c1-18(2)40-23(21-12-7-8-13-22(21)38-6)17-33-29-25(19(3)26(41-29)27-32-14-15-39-27)28(36)34(30(33)37)31(4,5)24(35)16-20-10-9-11-20/h7-8,12-15,18,20,23H,9-11,16-17H2,1-6H3/t23-/m0/s1. The van der Waals surface area contributed by atoms with Gasteiger partial charge in [-0.25, -0.2) is 14.3 Å². The molecule has 0 saturated heterocycles. The fourth-order valence-corrected chi connectivity index (χ4v) is 6.76. The van der Waals surface area contributed by atoms with Gasteiger partial charge in [0.2, 0.25) is 5.89 Å². The highest BCUT2D eigenvalue weighted by Crippen LogP contribution is 2.38. The number of ketones is 1. The lowest BCUT2D eigenvalue weighted by Gasteiger charge is -2.31. The molecule has 1 aliphatic carbocycles. The number of Topliss-reactive ketones (excluding diaryl/α,β-unsaturated/α-hetero) is 1. The lowest BCUT2D eigenvalue weighted by molar-refractivity contribution is -0.128. The van der Waals surface area contributed by atoms with E-state index >= 15 is 0 Å². The number of aryl methyl sites for hydroxylation is 1. The molecule has 3 heterocycles. The second-order valence-electron chi connectivity index (χ2n) is 11.5. The Morgan fingerprint density at radius 1 is 1.22 bits per heavy atom. The number of carbonyl (C=O) groups excluding carboxylic acids is 1. The molecule has 3 aromatic heterocycles. The Hall–Kier alpha value is -3.50. The second kappa shape index (κ2) is 11.4. The van der Waals surface area contributed by atoms with Crippen molar-refractivity contribution in [3.05, 3.63) is 68.7 Å². The molecule has 1 aliphatic rings. The number of aromatic nitrogens is 3. The van der Waals surface area contributed by atoms with Crippen LogP contribution < -0.4 is 16.0 Å². The Bertz CT molecular complexity index is 1670. The molecule has 1 aromatic carbocycles. The highest BCUT2D eigenvalue weighted by atomic mass is 32.1. The van der Waals surface area contributed by atoms with E-state index in [9.17, 15) is 14.4 Å². The third kappa shape index (κ3) is 5.30. The average Bonchev–Trinajstić information content (AvgIpc) is 3.55. The normalized spacial score (nSPS) is 14.9. The third-order valence-electron chi connectivity index (χ3n) is 8.05. The number of oxazole rings is 1. The topological polar surface area (TPSA) is 106 Å². The number of hydrogen-bond acceptors (Lipinski definition) is 8. The van der Waals surface area contributed by atoms with Crippen LogP contribution in [0, 0.1) is 12.8 Å². The SMILES string of the molecule is COc1ccccc1[C@H](Cn1c(=O)n(C(C)(C)C(=O)CC2CCC2)c(=O)c2c(C)c(-c3ncco3)sc21)OC(C)C. The van der Waals surface area contributed by atoms with Crippen LogP contribution in [-0.4, -0.2) is 33.1 Å². The zero-order valence-electron chi connectivity index (χ0n) is 24.4. The van der Waals surface area contributed by atoms with Crippen molar-refractivity contribution in [1.29, 1.82) is 0 Å². The lowest BCUT2D eigenvalue weighted by atomic mass is 9.79. The van der Waals surface area contributed by atoms with E-state index in [1.54, 1.807) is 31.7 Å². The number of fused-ring (bicyclic) bond motifs is 1. The van der Waals surface area contributed by atoms with Gasteiger partial charge in [-0.3, -0.25) is 14.2 Å². The number of hydrogen-bond donors (Lipinski definition) is 0. The third-order valence-corrected chi connectivity index (χ3v) is 9.35. The molecule has 0 amide bonds. The Labute approximate surface area is 242 Å². The molecule has 9 nitrogen and oxygen atoms in total. The zero-order chi connectivity index (χ0) is 29.5. The largest absolute Gasteiger partial charge is 0.496 e. The Kier molecular flexibility index (Phi) is 8.07. The van der Waals surface area contributed by atoms with Crippen molar-refractivity contribution in [2.24, 2.45) is 5.92 Å². The van der Waals surface area contributed by atoms with Crippen molar-refractivity contribution in [3.63, 3.8) is 0 Å². The van der Waals surface area contributed by atoms with Crippen LogP contribution >= 0.6 is 11.3 Å². The van der Waals surface area contributed by atoms with Gasteiger partial charge in [0.05, 0.1) is 36.2 Å². The van der Waals surface area contributed by atoms with E-state index in [1.807, 2.05) is 45.0 Å². The van der Waals surface area contributed by atoms with E-state index in [2.05, 4.69) is 4.98 Å². The molecule has 41 heavy (non-hydrogen) atoms. The first kappa shape index (κ1) is 29.0. The maximum atomic E-state index is 14.4. The number of nitrogens with zero attached hydrogens (tertiary/aromatic N) is 3. The van der Waals surface area contributed by atoms with E-state index in [1.165, 1.54) is 17.6 Å². The summed E-state index contributed by atoms with van der Waals surface area (Å²) in [6, 6.07) is 7.53. The summed E-state index contributed by atoms with van der Waals surface area (Å²) >= 11 is 1.28. The summed E-state index contributed by atoms with van der Waals surface area (Å²) in [7, 11) is 1.59. The molecule has 1 saturated carbocycles. The quantitative estimate of drug-likeness (QED) is 0.219. The van der Waals surface area contributed by atoms with Gasteiger partial charge in [0.15, 0.2) is 5.78 Å². The van der Waals surface area contributed by atoms with Crippen molar-refractivity contribution in [1.82, 2.24) is 14.1 Å². The predicted molar refractivity (Wildman–Crippen MR) is 159 cm³/mol. The van der Waals surface area contributed by atoms with Crippen molar-refractivity contribution in [2.75, 3.05) is 7.11 Å². The Morgan fingerprint density at radius 3 is 2.56 bits per heavy atom. The monoisotopic (exact) mass is 579 g/mol. The van der Waals surface area contributed by atoms with Crippen LogP contribution in [0.15, 0.2) is 50.7 Å². The number of carbonyl (C=O) groups is 1. The number of thiophene rings is 1. The van der Waals surface area contributed by atoms with E-state index in [-0.39, 0.29) is 18.4 Å². The van der Waals surface area contributed by atoms with Gasteiger partial charge in [-0.05, 0) is 52.2 Å². The van der Waals surface area contributed by atoms with Gasteiger partial charge < -0.3 is 13.9 Å². The second-order valence-corrected chi connectivity index (χ2v) is 12.5. The van der Waals surface area contributed by atoms with Gasteiger partial charge in [-0.2, -0.15) is 0 Å². The van der Waals surface area contributed by atoms with Crippen molar-refractivity contribution >= 4 is 27.3 Å². The summed E-state index contributed by atoms with van der Waals surface area (Å²) in [6.07, 6.45) is 5.74. The minimum absolute atomic E-state index is 0.103. The first-order valence-electron chi connectivity index (χ1n) is 14.1. The fraction of sp³-hybridized carbons (Fsp3) is 0.484. The number of methoxy groups -OCH3 is 1. The molecule has 0 N–H and O–H groups in total. The molecule has 10 heteroatoms. The molecule has 0 aliphatic heterocycles. The lowest BCUT2D eigenvalue weighted by Crippen LogP contribution is -2.53. The van der Waals surface area contributed by atoms with Crippen molar-refractivity contribution < 1.29 is 18.7 Å². The van der Waals surface area contributed by atoms with E-state index in [4.69, 9.17) is 13.9 Å². The number of ether oxygens (including phenoxy) is 2. The van der Waals surface area contributed by atoms with Crippen molar-refractivity contribution in [2.45, 2.75) is 84.6 Å². The summed E-state index contributed by atoms with van der Waals surface area (Å²) in [6.45, 7) is 9.13. The van der Waals surface area contributed by atoms with Gasteiger partial charge in [0.25, 0.3) is 5.56 Å². The van der Waals surface area contributed by atoms with Gasteiger partial charge in [-0.15, -0.1) is 11.3 Å². The Balaban J connectivity index is 1.75. The van der Waals surface area contributed by atoms with Crippen LogP contribution in [0.4, 0.5) is 0 Å². The van der Waals surface area contributed by atoms with Crippen LogP contribution in [0.25, 0.3) is 21.0 Å². The maximum absolute atomic E-state index is 14.4. The molecule has 4 aromatic rings. The van der Waals surface area contributed by atoms with E-state index < -0.39 is 22.9 Å². The highest BCUT2D eigenvalue weighted by molar-refractivity contribution is 7.22. The van der Waals surface area contributed by atoms with Crippen LogP contribution in [0.1, 0.15) is 70.6 Å². The van der Waals surface area contributed by atoms with Crippen LogP contribution in [0.3, 0.4) is 0 Å². The molecule has 0 bridgehead atoms. The van der Waals surface area contributed by atoms with E-state index in [0.717, 1.165) is 29.4 Å². The number of rotatable bonds is 11. The smallest absolute Gasteiger partial charge is 0.333 e. The van der Waals surface area contributed by atoms with Gasteiger partial charge in [0.1, 0.15) is 28.5 Å². The molecule has 1 fully saturated rings. The van der Waals surface area contributed by atoms with Crippen molar-refractivity contribution in [3.8, 4) is 16.5 Å². The first-order chi connectivity index (χ1) is 19.5. The molecule has 218 valence electrons. The minimum Gasteiger partial charge on any atom is -0.496 e. The van der Waals surface area contributed by atoms with Crippen LogP contribution in [0.5, 0.6) is 5.75 Å². The molecule has 0 unspecified atom stereocenters. The summed E-state index contributed by atoms with van der Waals surface area (Å²) in [5, 5.41) is 0.371. The maximum Gasteiger partial charge on any atom is 0.333 e. The molecule has 0 radical (unpaired) electrons. The molecule has 5 rings (SSSR count). The summed E-state index contributed by atoms with van der Waals surface area (Å²) in [5.41, 5.74) is -0.945. The summed E-state index contributed by atoms with van der Waals surface area (Å²) < 4.78 is 20.3. The van der Waals surface area contributed by atoms with Crippen LogP contribution in [-0.2, 0) is 21.6 Å². The first-order valence-corrected chi connectivity index (χ1v) is 14.9. The molecular formula is C31H37N3O6S. The molecule has 0 spiro atoms. The van der Waals surface area contributed by atoms with Gasteiger partial charge >= 0.3 is 5.69 Å². The van der Waals surface area contributed by atoms with Crippen LogP contribution in [0.2, 0.25) is 0 Å². The number of para-hydroxylation sites is 1.